The average molecular weight is 415 g/mol. The van der Waals surface area contributed by atoms with Crippen molar-refractivity contribution in [3.8, 4) is 5.75 Å². The van der Waals surface area contributed by atoms with Crippen LogP contribution < -0.4 is 10.1 Å². The maximum absolute atomic E-state index is 13.8. The Morgan fingerprint density at radius 1 is 1.10 bits per heavy atom. The molecule has 0 radical (unpaired) electrons. The van der Waals surface area contributed by atoms with Crippen molar-refractivity contribution in [2.75, 3.05) is 13.2 Å². The Morgan fingerprint density at radius 3 is 2.43 bits per heavy atom. The van der Waals surface area contributed by atoms with E-state index < -0.39 is 11.9 Å². The van der Waals surface area contributed by atoms with Crippen LogP contribution in [0, 0.1) is 12.7 Å². The summed E-state index contributed by atoms with van der Waals surface area (Å²) < 4.78 is 19.2. The molecule has 0 spiro atoms. The monoisotopic (exact) mass is 414 g/mol. The minimum atomic E-state index is -0.625. The van der Waals surface area contributed by atoms with Crippen molar-refractivity contribution in [1.82, 2.24) is 10.2 Å². The predicted octanol–water partition coefficient (Wildman–Crippen LogP) is 4.24. The van der Waals surface area contributed by atoms with E-state index in [0.29, 0.717) is 13.0 Å². The summed E-state index contributed by atoms with van der Waals surface area (Å²) >= 11 is 0. The molecule has 0 bridgehead atoms. The lowest BCUT2D eigenvalue weighted by atomic mass is 10.1. The molecule has 0 saturated carbocycles. The number of unbranched alkanes of at least 4 members (excludes halogenated alkanes) is 1. The Hall–Kier alpha value is -2.89. The molecule has 2 amide bonds. The minimum absolute atomic E-state index is 0.0154. The van der Waals surface area contributed by atoms with Gasteiger partial charge in [0.25, 0.3) is 5.91 Å². The summed E-state index contributed by atoms with van der Waals surface area (Å²) in [6, 6.07) is 13.1. The third-order valence-electron chi connectivity index (χ3n) is 4.88. The number of hydrogen-bond donors (Lipinski definition) is 1. The number of aryl methyl sites for hydroxylation is 1. The Morgan fingerprint density at radius 2 is 1.80 bits per heavy atom. The molecular weight excluding hydrogens is 383 g/mol. The van der Waals surface area contributed by atoms with Crippen molar-refractivity contribution in [3.05, 3.63) is 65.5 Å². The lowest BCUT2D eigenvalue weighted by Gasteiger charge is -2.30. The van der Waals surface area contributed by atoms with Crippen molar-refractivity contribution in [1.29, 1.82) is 0 Å². The van der Waals surface area contributed by atoms with Crippen LogP contribution in [0.5, 0.6) is 5.75 Å². The quantitative estimate of drug-likeness (QED) is 0.560. The van der Waals surface area contributed by atoms with Crippen LogP contribution in [-0.4, -0.2) is 35.9 Å². The van der Waals surface area contributed by atoms with Crippen LogP contribution >= 0.6 is 0 Å². The van der Waals surface area contributed by atoms with Crippen LogP contribution in [-0.2, 0) is 16.1 Å². The van der Waals surface area contributed by atoms with Crippen molar-refractivity contribution < 1.29 is 18.7 Å². The number of carbonyl (C=O) groups is 2. The van der Waals surface area contributed by atoms with Gasteiger partial charge in [0.15, 0.2) is 18.2 Å². The van der Waals surface area contributed by atoms with Crippen molar-refractivity contribution >= 4 is 11.8 Å². The van der Waals surface area contributed by atoms with Crippen LogP contribution in [0.1, 0.15) is 44.2 Å². The van der Waals surface area contributed by atoms with Crippen LogP contribution in [0.3, 0.4) is 0 Å². The molecular formula is C24H31FN2O3. The first-order valence-corrected chi connectivity index (χ1v) is 10.5. The van der Waals surface area contributed by atoms with Crippen LogP contribution in [0.25, 0.3) is 0 Å². The van der Waals surface area contributed by atoms with Gasteiger partial charge in [-0.1, -0.05) is 62.2 Å². The second-order valence-electron chi connectivity index (χ2n) is 7.29. The highest BCUT2D eigenvalue weighted by molar-refractivity contribution is 5.88. The fourth-order valence-electron chi connectivity index (χ4n) is 3.10. The maximum atomic E-state index is 13.8. The Balaban J connectivity index is 2.17. The van der Waals surface area contributed by atoms with Crippen LogP contribution in [0.2, 0.25) is 0 Å². The molecule has 1 N–H and O–H groups in total. The molecule has 0 unspecified atom stereocenters. The number of nitrogens with one attached hydrogen (secondary N) is 1. The molecule has 0 aliphatic heterocycles. The molecule has 0 aliphatic rings. The van der Waals surface area contributed by atoms with Gasteiger partial charge in [-0.15, -0.1) is 0 Å². The van der Waals surface area contributed by atoms with Gasteiger partial charge in [0.1, 0.15) is 6.04 Å². The molecule has 2 rings (SSSR count). The topological polar surface area (TPSA) is 58.6 Å². The largest absolute Gasteiger partial charge is 0.481 e. The number of rotatable bonds is 11. The van der Waals surface area contributed by atoms with E-state index in [9.17, 15) is 14.0 Å². The number of halogens is 1. The van der Waals surface area contributed by atoms with Gasteiger partial charge in [-0.2, -0.15) is 0 Å². The van der Waals surface area contributed by atoms with E-state index in [0.717, 1.165) is 24.0 Å². The molecule has 0 aliphatic carbocycles. The predicted molar refractivity (Wildman–Crippen MR) is 116 cm³/mol. The highest BCUT2D eigenvalue weighted by atomic mass is 19.1. The fraction of sp³-hybridized carbons (Fsp3) is 0.417. The summed E-state index contributed by atoms with van der Waals surface area (Å²) in [5.41, 5.74) is 2.03. The normalized spacial score (nSPS) is 11.6. The molecule has 30 heavy (non-hydrogen) atoms. The number of carbonyl (C=O) groups excluding carboxylic acids is 2. The van der Waals surface area contributed by atoms with Gasteiger partial charge in [-0.3, -0.25) is 9.59 Å². The third kappa shape index (κ3) is 6.87. The molecule has 2 aromatic rings. The molecule has 162 valence electrons. The second-order valence-corrected chi connectivity index (χ2v) is 7.29. The summed E-state index contributed by atoms with van der Waals surface area (Å²) in [7, 11) is 0. The smallest absolute Gasteiger partial charge is 0.261 e. The third-order valence-corrected chi connectivity index (χ3v) is 4.88. The summed E-state index contributed by atoms with van der Waals surface area (Å²) in [5, 5.41) is 2.91. The van der Waals surface area contributed by atoms with Crippen molar-refractivity contribution in [3.63, 3.8) is 0 Å². The van der Waals surface area contributed by atoms with E-state index in [2.05, 4.69) is 12.2 Å². The van der Waals surface area contributed by atoms with Gasteiger partial charge in [-0.25, -0.2) is 4.39 Å². The number of hydrogen-bond acceptors (Lipinski definition) is 3. The summed E-state index contributed by atoms with van der Waals surface area (Å²) in [6.45, 7) is 6.42. The van der Waals surface area contributed by atoms with Crippen LogP contribution in [0.15, 0.2) is 48.5 Å². The van der Waals surface area contributed by atoms with E-state index in [1.165, 1.54) is 17.0 Å². The lowest BCUT2D eigenvalue weighted by Crippen LogP contribution is -2.50. The van der Waals surface area contributed by atoms with E-state index in [4.69, 9.17) is 4.74 Å². The second kappa shape index (κ2) is 12.0. The number of nitrogens with zero attached hydrogens (tertiary/aromatic N) is 1. The Labute approximate surface area is 178 Å². The molecule has 5 nitrogen and oxygen atoms in total. The zero-order valence-electron chi connectivity index (χ0n) is 18.0. The fourth-order valence-corrected chi connectivity index (χ4v) is 3.10. The van der Waals surface area contributed by atoms with Crippen LogP contribution in [0.4, 0.5) is 4.39 Å². The van der Waals surface area contributed by atoms with E-state index in [1.54, 1.807) is 12.1 Å². The van der Waals surface area contributed by atoms with Crippen molar-refractivity contribution in [2.24, 2.45) is 0 Å². The Kier molecular flexibility index (Phi) is 9.32. The Bertz CT molecular complexity index is 823. The lowest BCUT2D eigenvalue weighted by molar-refractivity contribution is -0.143. The first kappa shape index (κ1) is 23.4. The summed E-state index contributed by atoms with van der Waals surface area (Å²) in [4.78, 5) is 27.3. The van der Waals surface area contributed by atoms with Gasteiger partial charge in [0.05, 0.1) is 0 Å². The van der Waals surface area contributed by atoms with Crippen molar-refractivity contribution in [2.45, 2.75) is 52.6 Å². The molecule has 0 saturated heterocycles. The average Bonchev–Trinajstić information content (AvgIpc) is 2.74. The molecule has 0 aromatic heterocycles. The molecule has 2 aromatic carbocycles. The maximum Gasteiger partial charge on any atom is 0.261 e. The first-order chi connectivity index (χ1) is 14.5. The van der Waals surface area contributed by atoms with Gasteiger partial charge >= 0.3 is 0 Å². The van der Waals surface area contributed by atoms with Gasteiger partial charge in [-0.05, 0) is 37.5 Å². The molecule has 0 heterocycles. The number of amides is 2. The molecule has 0 fully saturated rings. The zero-order chi connectivity index (χ0) is 21.9. The molecule has 6 heteroatoms. The highest BCUT2D eigenvalue weighted by Gasteiger charge is 2.28. The van der Waals surface area contributed by atoms with Gasteiger partial charge < -0.3 is 15.0 Å². The first-order valence-electron chi connectivity index (χ1n) is 10.5. The highest BCUT2D eigenvalue weighted by Crippen LogP contribution is 2.17. The number of ether oxygens (including phenoxy) is 1. The summed E-state index contributed by atoms with van der Waals surface area (Å²) in [6.07, 6.45) is 2.32. The SMILES string of the molecule is CCCCNC(=O)[C@H](CC)N(Cc1ccc(C)cc1)C(=O)COc1ccccc1F. The number of benzene rings is 2. The number of para-hydroxylation sites is 1. The molecule has 1 atom stereocenters. The summed E-state index contributed by atoms with van der Waals surface area (Å²) in [5.74, 6) is -1.06. The standard InChI is InChI=1S/C24H31FN2O3/c1-4-6-15-26-24(29)21(5-2)27(16-19-13-11-18(3)12-14-19)23(28)17-30-22-10-8-7-9-20(22)25/h7-14,21H,4-6,15-17H2,1-3H3,(H,26,29)/t21-/m0/s1. The van der Waals surface area contributed by atoms with Gasteiger partial charge in [0, 0.05) is 13.1 Å². The van der Waals surface area contributed by atoms with E-state index in [1.807, 2.05) is 38.1 Å². The van der Waals surface area contributed by atoms with E-state index >= 15 is 0 Å². The minimum Gasteiger partial charge on any atom is -0.481 e. The van der Waals surface area contributed by atoms with Gasteiger partial charge in [0.2, 0.25) is 5.91 Å². The van der Waals surface area contributed by atoms with E-state index in [-0.39, 0.29) is 30.7 Å². The zero-order valence-corrected chi connectivity index (χ0v) is 18.0.